The molecule has 0 amide bonds. The third-order valence-corrected chi connectivity index (χ3v) is 4.53. The maximum Gasteiger partial charge on any atom is 0.120 e. The lowest BCUT2D eigenvalue weighted by Gasteiger charge is -2.16. The van der Waals surface area contributed by atoms with E-state index in [9.17, 15) is 0 Å². The number of alkyl halides is 1. The molecule has 0 aromatic heterocycles. The quantitative estimate of drug-likeness (QED) is 0.629. The van der Waals surface area contributed by atoms with Crippen LogP contribution in [-0.4, -0.2) is 7.11 Å². The first-order valence-electron chi connectivity index (χ1n) is 5.76. The highest BCUT2D eigenvalue weighted by molar-refractivity contribution is 9.09. The highest BCUT2D eigenvalue weighted by Gasteiger charge is 2.16. The van der Waals surface area contributed by atoms with Gasteiger partial charge < -0.3 is 4.74 Å². The molecule has 0 fully saturated rings. The molecule has 0 bridgehead atoms. The number of methoxy groups -OCH3 is 1. The molecular formula is C15H13BrCl2O. The average Bonchev–Trinajstić information content (AvgIpc) is 2.37. The van der Waals surface area contributed by atoms with Crippen molar-refractivity contribution in [2.75, 3.05) is 7.11 Å². The topological polar surface area (TPSA) is 9.23 Å². The highest BCUT2D eigenvalue weighted by atomic mass is 79.9. The van der Waals surface area contributed by atoms with Gasteiger partial charge >= 0.3 is 0 Å². The summed E-state index contributed by atoms with van der Waals surface area (Å²) in [5, 5.41) is 1.41. The van der Waals surface area contributed by atoms with E-state index in [1.54, 1.807) is 7.11 Å². The van der Waals surface area contributed by atoms with Crippen LogP contribution in [0, 0.1) is 6.92 Å². The lowest BCUT2D eigenvalue weighted by atomic mass is 10.0. The Morgan fingerprint density at radius 2 is 1.74 bits per heavy atom. The van der Waals surface area contributed by atoms with E-state index >= 15 is 0 Å². The molecule has 2 aromatic rings. The van der Waals surface area contributed by atoms with E-state index in [-0.39, 0.29) is 4.83 Å². The molecule has 2 rings (SSSR count). The van der Waals surface area contributed by atoms with Gasteiger partial charge in [-0.2, -0.15) is 0 Å². The SMILES string of the molecule is COc1ccc(C(Br)c2ccc(Cl)cc2C)c(Cl)c1. The Labute approximate surface area is 131 Å². The lowest BCUT2D eigenvalue weighted by molar-refractivity contribution is 0.414. The van der Waals surface area contributed by atoms with Crippen molar-refractivity contribution in [2.24, 2.45) is 0 Å². The molecule has 0 spiro atoms. The monoisotopic (exact) mass is 358 g/mol. The van der Waals surface area contributed by atoms with Crippen molar-refractivity contribution in [3.05, 3.63) is 63.1 Å². The maximum absolute atomic E-state index is 6.30. The van der Waals surface area contributed by atoms with Crippen LogP contribution in [0.5, 0.6) is 5.75 Å². The molecule has 0 aliphatic carbocycles. The second-order valence-corrected chi connectivity index (χ2v) is 6.01. The number of hydrogen-bond acceptors (Lipinski definition) is 1. The van der Waals surface area contributed by atoms with Crippen LogP contribution in [-0.2, 0) is 0 Å². The lowest BCUT2D eigenvalue weighted by Crippen LogP contribution is -1.97. The number of rotatable bonds is 3. The van der Waals surface area contributed by atoms with Crippen LogP contribution in [0.4, 0.5) is 0 Å². The number of ether oxygens (including phenoxy) is 1. The van der Waals surface area contributed by atoms with Crippen LogP contribution < -0.4 is 4.74 Å². The summed E-state index contributed by atoms with van der Waals surface area (Å²) >= 11 is 16.0. The van der Waals surface area contributed by atoms with E-state index in [0.717, 1.165) is 27.5 Å². The molecule has 1 atom stereocenters. The Bertz CT molecular complexity index is 599. The van der Waals surface area contributed by atoms with E-state index in [1.165, 1.54) is 0 Å². The first-order chi connectivity index (χ1) is 9.02. The summed E-state index contributed by atoms with van der Waals surface area (Å²) in [4.78, 5) is 0.0307. The summed E-state index contributed by atoms with van der Waals surface area (Å²) in [5.74, 6) is 0.751. The number of aryl methyl sites for hydroxylation is 1. The average molecular weight is 360 g/mol. The van der Waals surface area contributed by atoms with Gasteiger partial charge in [0.05, 0.1) is 11.9 Å². The first-order valence-corrected chi connectivity index (χ1v) is 7.43. The Balaban J connectivity index is 2.41. The van der Waals surface area contributed by atoms with Gasteiger partial charge in [-0.05, 0) is 47.9 Å². The van der Waals surface area contributed by atoms with Gasteiger partial charge in [-0.1, -0.05) is 51.3 Å². The van der Waals surface area contributed by atoms with Gasteiger partial charge in [0.2, 0.25) is 0 Å². The van der Waals surface area contributed by atoms with Gasteiger partial charge in [-0.15, -0.1) is 0 Å². The third kappa shape index (κ3) is 3.25. The number of hydrogen-bond donors (Lipinski definition) is 0. The second-order valence-electron chi connectivity index (χ2n) is 4.25. The predicted molar refractivity (Wildman–Crippen MR) is 85.0 cm³/mol. The van der Waals surface area contributed by atoms with Gasteiger partial charge in [-0.25, -0.2) is 0 Å². The van der Waals surface area contributed by atoms with Crippen molar-refractivity contribution in [1.82, 2.24) is 0 Å². The summed E-state index contributed by atoms with van der Waals surface area (Å²) in [7, 11) is 1.63. The largest absolute Gasteiger partial charge is 0.497 e. The number of benzene rings is 2. The van der Waals surface area contributed by atoms with E-state index in [0.29, 0.717) is 5.02 Å². The normalized spacial score (nSPS) is 12.3. The Hall–Kier alpha value is -0.700. The molecule has 0 aliphatic heterocycles. The van der Waals surface area contributed by atoms with Gasteiger partial charge in [-0.3, -0.25) is 0 Å². The van der Waals surface area contributed by atoms with Crippen LogP contribution >= 0.6 is 39.1 Å². The minimum absolute atomic E-state index is 0.0307. The first kappa shape index (κ1) is 14.7. The molecule has 0 radical (unpaired) electrons. The molecule has 0 aliphatic rings. The second kappa shape index (κ2) is 6.17. The fraction of sp³-hybridized carbons (Fsp3) is 0.200. The minimum atomic E-state index is 0.0307. The van der Waals surface area contributed by atoms with Crippen LogP contribution in [0.1, 0.15) is 21.5 Å². The Kier molecular flexibility index (Phi) is 4.77. The molecule has 1 unspecified atom stereocenters. The molecule has 2 aromatic carbocycles. The fourth-order valence-electron chi connectivity index (χ4n) is 1.93. The van der Waals surface area contributed by atoms with Gasteiger partial charge in [0.25, 0.3) is 0 Å². The van der Waals surface area contributed by atoms with Crippen molar-refractivity contribution >= 4 is 39.1 Å². The van der Waals surface area contributed by atoms with Crippen LogP contribution in [0.2, 0.25) is 10.0 Å². The molecule has 1 nitrogen and oxygen atoms in total. The molecule has 0 heterocycles. The fourth-order valence-corrected chi connectivity index (χ4v) is 3.48. The standard InChI is InChI=1S/C15H13BrCl2O/c1-9-7-10(17)3-5-12(9)15(16)13-6-4-11(19-2)8-14(13)18/h3-8,15H,1-2H3. The van der Waals surface area contributed by atoms with Crippen LogP contribution in [0.3, 0.4) is 0 Å². The smallest absolute Gasteiger partial charge is 0.120 e. The predicted octanol–water partition coefficient (Wildman–Crippen LogP) is 5.79. The summed E-state index contributed by atoms with van der Waals surface area (Å²) in [6.07, 6.45) is 0. The summed E-state index contributed by atoms with van der Waals surface area (Å²) in [6.45, 7) is 2.03. The molecule has 4 heteroatoms. The molecule has 0 saturated heterocycles. The zero-order valence-corrected chi connectivity index (χ0v) is 13.7. The van der Waals surface area contributed by atoms with Crippen molar-refractivity contribution in [2.45, 2.75) is 11.8 Å². The molecule has 19 heavy (non-hydrogen) atoms. The summed E-state index contributed by atoms with van der Waals surface area (Å²) in [5.41, 5.74) is 3.28. The van der Waals surface area contributed by atoms with Crippen molar-refractivity contribution < 1.29 is 4.74 Å². The summed E-state index contributed by atoms with van der Waals surface area (Å²) in [6, 6.07) is 11.5. The van der Waals surface area contributed by atoms with Crippen LogP contribution in [0.15, 0.2) is 36.4 Å². The third-order valence-electron chi connectivity index (χ3n) is 2.99. The van der Waals surface area contributed by atoms with Crippen molar-refractivity contribution in [3.8, 4) is 5.75 Å². The van der Waals surface area contributed by atoms with Gasteiger partial charge in [0.15, 0.2) is 0 Å². The highest BCUT2D eigenvalue weighted by Crippen LogP contribution is 2.38. The zero-order valence-electron chi connectivity index (χ0n) is 10.6. The maximum atomic E-state index is 6.30. The minimum Gasteiger partial charge on any atom is -0.497 e. The molecule has 0 saturated carbocycles. The molecule has 100 valence electrons. The van der Waals surface area contributed by atoms with E-state index in [1.807, 2.05) is 43.3 Å². The van der Waals surface area contributed by atoms with Crippen molar-refractivity contribution in [1.29, 1.82) is 0 Å². The number of halogens is 3. The van der Waals surface area contributed by atoms with Gasteiger partial charge in [0, 0.05) is 10.0 Å². The molecule has 0 N–H and O–H groups in total. The van der Waals surface area contributed by atoms with E-state index in [4.69, 9.17) is 27.9 Å². The zero-order chi connectivity index (χ0) is 14.0. The van der Waals surface area contributed by atoms with Crippen molar-refractivity contribution in [3.63, 3.8) is 0 Å². The van der Waals surface area contributed by atoms with Crippen LogP contribution in [0.25, 0.3) is 0 Å². The van der Waals surface area contributed by atoms with Gasteiger partial charge in [0.1, 0.15) is 5.75 Å². The van der Waals surface area contributed by atoms with E-state index in [2.05, 4.69) is 15.9 Å². The summed E-state index contributed by atoms with van der Waals surface area (Å²) < 4.78 is 5.16. The Morgan fingerprint density at radius 1 is 1.05 bits per heavy atom. The Morgan fingerprint density at radius 3 is 2.32 bits per heavy atom. The van der Waals surface area contributed by atoms with E-state index < -0.39 is 0 Å². The molecular weight excluding hydrogens is 347 g/mol.